The minimum absolute atomic E-state index is 0.0378. The summed E-state index contributed by atoms with van der Waals surface area (Å²) in [6, 6.07) is 4.04. The van der Waals surface area contributed by atoms with E-state index in [2.05, 4.69) is 42.1 Å². The zero-order valence-corrected chi connectivity index (χ0v) is 8.51. The number of hydrogen-bond donors (Lipinski definition) is 0. The summed E-state index contributed by atoms with van der Waals surface area (Å²) < 4.78 is 0. The van der Waals surface area contributed by atoms with E-state index in [4.69, 9.17) is 0 Å². The Morgan fingerprint density at radius 1 is 1.14 bits per heavy atom. The van der Waals surface area contributed by atoms with Gasteiger partial charge in [-0.25, -0.2) is 0 Å². The second-order valence-corrected chi connectivity index (χ2v) is 3.93. The van der Waals surface area contributed by atoms with Gasteiger partial charge in [0.05, 0.1) is 5.54 Å². The summed E-state index contributed by atoms with van der Waals surface area (Å²) >= 11 is 0. The van der Waals surface area contributed by atoms with Crippen LogP contribution in [0.25, 0.3) is 0 Å². The largest absolute Gasteiger partial charge is 0.339 e. The van der Waals surface area contributed by atoms with Gasteiger partial charge in [-0.1, -0.05) is 12.2 Å². The molecule has 0 saturated carbocycles. The van der Waals surface area contributed by atoms with Crippen molar-refractivity contribution in [2.75, 3.05) is 4.90 Å². The number of aromatic nitrogens is 1. The van der Waals surface area contributed by atoms with E-state index in [1.54, 1.807) is 0 Å². The molecule has 0 radical (unpaired) electrons. The maximum atomic E-state index is 4.02. The van der Waals surface area contributed by atoms with Crippen LogP contribution in [0.1, 0.15) is 13.8 Å². The standard InChI is InChI=1S/C12H14N2/c1-12(2)7-3-4-10-14(12)11-5-8-13-9-6-11/h3-10H,1-2H3. The van der Waals surface area contributed by atoms with Crippen LogP contribution in [-0.4, -0.2) is 10.5 Å². The number of nitrogens with zero attached hydrogens (tertiary/aromatic N) is 2. The molecule has 0 N–H and O–H groups in total. The second kappa shape index (κ2) is 3.29. The molecule has 0 saturated heterocycles. The molecule has 14 heavy (non-hydrogen) atoms. The molecule has 0 bridgehead atoms. The van der Waals surface area contributed by atoms with Crippen molar-refractivity contribution < 1.29 is 0 Å². The van der Waals surface area contributed by atoms with E-state index in [0.717, 1.165) is 0 Å². The van der Waals surface area contributed by atoms with Crippen molar-refractivity contribution in [3.8, 4) is 0 Å². The monoisotopic (exact) mass is 186 g/mol. The van der Waals surface area contributed by atoms with Gasteiger partial charge in [0.2, 0.25) is 0 Å². The quantitative estimate of drug-likeness (QED) is 0.670. The Morgan fingerprint density at radius 2 is 1.86 bits per heavy atom. The number of allylic oxidation sites excluding steroid dienone is 2. The molecule has 2 nitrogen and oxygen atoms in total. The Labute approximate surface area is 84.6 Å². The average Bonchev–Trinajstić information content (AvgIpc) is 2.18. The Hall–Kier alpha value is -1.57. The molecule has 1 aliphatic heterocycles. The van der Waals surface area contributed by atoms with Crippen molar-refractivity contribution in [2.24, 2.45) is 0 Å². The number of pyridine rings is 1. The van der Waals surface area contributed by atoms with E-state index in [1.165, 1.54) is 5.69 Å². The summed E-state index contributed by atoms with van der Waals surface area (Å²) in [6.07, 6.45) is 12.0. The molecule has 2 heterocycles. The fraction of sp³-hybridized carbons (Fsp3) is 0.250. The van der Waals surface area contributed by atoms with E-state index in [0.29, 0.717) is 0 Å². The van der Waals surface area contributed by atoms with Crippen molar-refractivity contribution in [3.05, 3.63) is 49.0 Å². The van der Waals surface area contributed by atoms with E-state index < -0.39 is 0 Å². The van der Waals surface area contributed by atoms with Gasteiger partial charge in [0.1, 0.15) is 0 Å². The van der Waals surface area contributed by atoms with Gasteiger partial charge in [0.15, 0.2) is 0 Å². The Morgan fingerprint density at radius 3 is 2.50 bits per heavy atom. The van der Waals surface area contributed by atoms with Crippen molar-refractivity contribution in [3.63, 3.8) is 0 Å². The van der Waals surface area contributed by atoms with Crippen LogP contribution in [0.15, 0.2) is 49.0 Å². The molecule has 0 aromatic carbocycles. The van der Waals surface area contributed by atoms with E-state index in [-0.39, 0.29) is 5.54 Å². The van der Waals surface area contributed by atoms with Crippen LogP contribution in [0, 0.1) is 0 Å². The molecule has 0 fully saturated rings. The number of hydrogen-bond acceptors (Lipinski definition) is 2. The maximum absolute atomic E-state index is 4.02. The van der Waals surface area contributed by atoms with Crippen molar-refractivity contribution in [2.45, 2.75) is 19.4 Å². The lowest BCUT2D eigenvalue weighted by molar-refractivity contribution is 0.617. The maximum Gasteiger partial charge on any atom is 0.0574 e. The minimum atomic E-state index is 0.0378. The normalized spacial score (nSPS) is 18.6. The summed E-state index contributed by atoms with van der Waals surface area (Å²) in [5.74, 6) is 0. The van der Waals surface area contributed by atoms with Gasteiger partial charge in [0.25, 0.3) is 0 Å². The highest BCUT2D eigenvalue weighted by Crippen LogP contribution is 2.27. The zero-order valence-electron chi connectivity index (χ0n) is 8.51. The summed E-state index contributed by atoms with van der Waals surface area (Å²) in [6.45, 7) is 4.38. The molecular weight excluding hydrogens is 172 g/mol. The fourth-order valence-electron chi connectivity index (χ4n) is 1.62. The lowest BCUT2D eigenvalue weighted by atomic mass is 9.99. The van der Waals surface area contributed by atoms with Crippen LogP contribution in [0.4, 0.5) is 5.69 Å². The molecule has 0 aliphatic carbocycles. The molecule has 2 rings (SSSR count). The first-order valence-electron chi connectivity index (χ1n) is 4.75. The molecule has 1 aromatic rings. The predicted octanol–water partition coefficient (Wildman–Crippen LogP) is 2.75. The Bertz CT molecular complexity index is 363. The summed E-state index contributed by atoms with van der Waals surface area (Å²) in [7, 11) is 0. The Kier molecular flexibility index (Phi) is 2.12. The van der Waals surface area contributed by atoms with Crippen LogP contribution in [-0.2, 0) is 0 Å². The minimum Gasteiger partial charge on any atom is -0.339 e. The van der Waals surface area contributed by atoms with Gasteiger partial charge in [-0.15, -0.1) is 0 Å². The van der Waals surface area contributed by atoms with Gasteiger partial charge in [-0.2, -0.15) is 0 Å². The molecular formula is C12H14N2. The second-order valence-electron chi connectivity index (χ2n) is 3.93. The van der Waals surface area contributed by atoms with Crippen molar-refractivity contribution in [1.82, 2.24) is 4.98 Å². The zero-order chi connectivity index (χ0) is 10.0. The molecule has 1 aliphatic rings. The molecule has 0 unspecified atom stereocenters. The third-order valence-electron chi connectivity index (χ3n) is 2.41. The third-order valence-corrected chi connectivity index (χ3v) is 2.41. The third kappa shape index (κ3) is 1.55. The molecule has 0 atom stereocenters. The van der Waals surface area contributed by atoms with Crippen LogP contribution in [0.2, 0.25) is 0 Å². The lowest BCUT2D eigenvalue weighted by Gasteiger charge is -2.37. The van der Waals surface area contributed by atoms with Gasteiger partial charge in [-0.05, 0) is 32.1 Å². The topological polar surface area (TPSA) is 16.1 Å². The SMILES string of the molecule is CC1(C)C=CC=CN1c1ccncc1. The van der Waals surface area contributed by atoms with Crippen molar-refractivity contribution in [1.29, 1.82) is 0 Å². The molecule has 0 amide bonds. The highest BCUT2D eigenvalue weighted by atomic mass is 15.2. The average molecular weight is 186 g/mol. The summed E-state index contributed by atoms with van der Waals surface area (Å²) in [4.78, 5) is 6.25. The van der Waals surface area contributed by atoms with Crippen LogP contribution < -0.4 is 4.90 Å². The van der Waals surface area contributed by atoms with Crippen LogP contribution in [0.5, 0.6) is 0 Å². The first-order valence-corrected chi connectivity index (χ1v) is 4.75. The summed E-state index contributed by atoms with van der Waals surface area (Å²) in [5.41, 5.74) is 1.21. The molecule has 2 heteroatoms. The first-order chi connectivity index (χ1) is 6.70. The fourth-order valence-corrected chi connectivity index (χ4v) is 1.62. The first kappa shape index (κ1) is 9.00. The molecule has 0 spiro atoms. The van der Waals surface area contributed by atoms with E-state index in [9.17, 15) is 0 Å². The van der Waals surface area contributed by atoms with Gasteiger partial charge in [-0.3, -0.25) is 4.98 Å². The highest BCUT2D eigenvalue weighted by molar-refractivity contribution is 5.54. The van der Waals surface area contributed by atoms with E-state index in [1.807, 2.05) is 30.6 Å². The molecule has 1 aromatic heterocycles. The van der Waals surface area contributed by atoms with Gasteiger partial charge >= 0.3 is 0 Å². The predicted molar refractivity (Wildman–Crippen MR) is 59.1 cm³/mol. The number of rotatable bonds is 1. The van der Waals surface area contributed by atoms with Crippen LogP contribution in [0.3, 0.4) is 0 Å². The Balaban J connectivity index is 2.36. The molecule has 72 valence electrons. The smallest absolute Gasteiger partial charge is 0.0574 e. The number of anilines is 1. The highest BCUT2D eigenvalue weighted by Gasteiger charge is 2.23. The van der Waals surface area contributed by atoms with E-state index >= 15 is 0 Å². The van der Waals surface area contributed by atoms with Crippen LogP contribution >= 0.6 is 0 Å². The van der Waals surface area contributed by atoms with Crippen molar-refractivity contribution >= 4 is 5.69 Å². The van der Waals surface area contributed by atoms with Gasteiger partial charge in [0, 0.05) is 24.3 Å². The van der Waals surface area contributed by atoms with Gasteiger partial charge < -0.3 is 4.90 Å². The lowest BCUT2D eigenvalue weighted by Crippen LogP contribution is -2.39. The summed E-state index contributed by atoms with van der Waals surface area (Å²) in [5, 5.41) is 0.